The van der Waals surface area contributed by atoms with Crippen molar-refractivity contribution in [3.63, 3.8) is 0 Å². The number of β-amino-alcohol motifs (C(OH)–C–C–N with tert-alkyl or cyclic N) is 1. The maximum atomic E-state index is 12.3. The Bertz CT molecular complexity index is 843. The van der Waals surface area contributed by atoms with E-state index >= 15 is 0 Å². The second kappa shape index (κ2) is 8.85. The third-order valence-corrected chi connectivity index (χ3v) is 4.61. The van der Waals surface area contributed by atoms with Gasteiger partial charge in [-0.15, -0.1) is 0 Å². The minimum absolute atomic E-state index is 0.0363. The number of ether oxygens (including phenoxy) is 2. The molecule has 162 valence electrons. The summed E-state index contributed by atoms with van der Waals surface area (Å²) in [6.45, 7) is 6.44. The summed E-state index contributed by atoms with van der Waals surface area (Å²) in [6, 6.07) is 7.24. The molecule has 0 spiro atoms. The number of anilines is 1. The van der Waals surface area contributed by atoms with Crippen LogP contribution < -0.4 is 5.32 Å². The fraction of sp³-hybridized carbons (Fsp3) is 0.476. The van der Waals surface area contributed by atoms with Gasteiger partial charge in [-0.25, -0.2) is 4.79 Å². The van der Waals surface area contributed by atoms with Crippen molar-refractivity contribution >= 4 is 23.6 Å². The third-order valence-electron chi connectivity index (χ3n) is 4.61. The molecule has 1 fully saturated rings. The molecule has 1 aromatic rings. The van der Waals surface area contributed by atoms with E-state index in [4.69, 9.17) is 14.6 Å². The monoisotopic (exact) mass is 417 g/mol. The fourth-order valence-electron chi connectivity index (χ4n) is 3.19. The summed E-state index contributed by atoms with van der Waals surface area (Å²) < 4.78 is 11.2. The quantitative estimate of drug-likeness (QED) is 0.701. The highest BCUT2D eigenvalue weighted by Crippen LogP contribution is 2.26. The number of benzene rings is 1. The predicted octanol–water partition coefficient (Wildman–Crippen LogP) is 1.65. The van der Waals surface area contributed by atoms with Gasteiger partial charge in [0, 0.05) is 18.3 Å². The number of morpholine rings is 1. The molecule has 3 rings (SSSR count). The average molecular weight is 417 g/mol. The van der Waals surface area contributed by atoms with Gasteiger partial charge in [-0.2, -0.15) is 0 Å². The lowest BCUT2D eigenvalue weighted by Crippen LogP contribution is -2.44. The Kier molecular flexibility index (Phi) is 6.42. The molecular formula is C21H27N3O6. The first-order valence-corrected chi connectivity index (χ1v) is 9.83. The van der Waals surface area contributed by atoms with Crippen LogP contribution in [0.25, 0.3) is 0 Å². The predicted molar refractivity (Wildman–Crippen MR) is 108 cm³/mol. The van der Waals surface area contributed by atoms with Gasteiger partial charge >= 0.3 is 6.09 Å². The average Bonchev–Trinajstić information content (AvgIpc) is 2.95. The van der Waals surface area contributed by atoms with Crippen LogP contribution in [0.1, 0.15) is 32.4 Å². The van der Waals surface area contributed by atoms with Gasteiger partial charge in [-0.05, 0) is 38.5 Å². The number of rotatable bonds is 5. The summed E-state index contributed by atoms with van der Waals surface area (Å²) in [5.41, 5.74) is 1.13. The molecule has 1 unspecified atom stereocenters. The summed E-state index contributed by atoms with van der Waals surface area (Å²) in [6.07, 6.45) is 0.571. The lowest BCUT2D eigenvalue weighted by molar-refractivity contribution is -0.137. The second-order valence-electron chi connectivity index (χ2n) is 8.11. The van der Waals surface area contributed by atoms with E-state index in [1.807, 2.05) is 32.9 Å². The van der Waals surface area contributed by atoms with Crippen LogP contribution in [0.15, 0.2) is 36.0 Å². The number of hydrogen-bond donors (Lipinski definition) is 2. The molecule has 3 amide bonds. The Labute approximate surface area is 175 Å². The molecule has 9 heteroatoms. The maximum absolute atomic E-state index is 12.3. The summed E-state index contributed by atoms with van der Waals surface area (Å²) in [5, 5.41) is 11.9. The second-order valence-corrected chi connectivity index (χ2v) is 8.11. The van der Waals surface area contributed by atoms with Crippen LogP contribution in [-0.4, -0.2) is 71.3 Å². The van der Waals surface area contributed by atoms with E-state index in [0.29, 0.717) is 25.4 Å². The first-order chi connectivity index (χ1) is 14.2. The summed E-state index contributed by atoms with van der Waals surface area (Å²) in [4.78, 5) is 39.0. The van der Waals surface area contributed by atoms with Crippen molar-refractivity contribution in [1.29, 1.82) is 0 Å². The van der Waals surface area contributed by atoms with Crippen molar-refractivity contribution in [2.45, 2.75) is 32.5 Å². The SMILES string of the molecule is CC(C)(C)OC(=O)N1CCOC(c2ccc(NC3=CC(=O)N(CCO)C3=O)cc2)C1. The molecule has 2 N–H and O–H groups in total. The Morgan fingerprint density at radius 1 is 1.27 bits per heavy atom. The van der Waals surface area contributed by atoms with Crippen molar-refractivity contribution in [2.24, 2.45) is 0 Å². The van der Waals surface area contributed by atoms with Gasteiger partial charge in [0.15, 0.2) is 0 Å². The van der Waals surface area contributed by atoms with Gasteiger partial charge in [0.25, 0.3) is 11.8 Å². The van der Waals surface area contributed by atoms with E-state index in [1.165, 1.54) is 6.08 Å². The number of aliphatic hydroxyl groups is 1. The van der Waals surface area contributed by atoms with Gasteiger partial charge in [-0.3, -0.25) is 14.5 Å². The van der Waals surface area contributed by atoms with E-state index in [-0.39, 0.29) is 31.0 Å². The number of aliphatic hydroxyl groups excluding tert-OH is 1. The van der Waals surface area contributed by atoms with Crippen LogP contribution >= 0.6 is 0 Å². The van der Waals surface area contributed by atoms with E-state index in [9.17, 15) is 14.4 Å². The van der Waals surface area contributed by atoms with Crippen LogP contribution in [0, 0.1) is 0 Å². The normalized spacial score (nSPS) is 19.7. The van der Waals surface area contributed by atoms with Crippen LogP contribution in [0.4, 0.5) is 10.5 Å². The number of nitrogens with zero attached hydrogens (tertiary/aromatic N) is 2. The van der Waals surface area contributed by atoms with Crippen LogP contribution in [0.5, 0.6) is 0 Å². The summed E-state index contributed by atoms with van der Waals surface area (Å²) in [7, 11) is 0. The molecule has 2 aliphatic heterocycles. The molecule has 2 aliphatic rings. The topological polar surface area (TPSA) is 108 Å². The molecule has 1 aromatic carbocycles. The van der Waals surface area contributed by atoms with Gasteiger partial charge in [0.2, 0.25) is 0 Å². The highest BCUT2D eigenvalue weighted by molar-refractivity contribution is 6.17. The number of nitrogens with one attached hydrogen (secondary N) is 1. The third kappa shape index (κ3) is 5.17. The first-order valence-electron chi connectivity index (χ1n) is 9.83. The fourth-order valence-corrected chi connectivity index (χ4v) is 3.19. The zero-order chi connectivity index (χ0) is 21.9. The number of carbonyl (C=O) groups excluding carboxylic acids is 3. The molecule has 0 saturated carbocycles. The summed E-state index contributed by atoms with van der Waals surface area (Å²) >= 11 is 0. The number of hydrogen-bond acceptors (Lipinski definition) is 7. The number of amides is 3. The van der Waals surface area contributed by atoms with Gasteiger partial charge < -0.3 is 24.8 Å². The number of imide groups is 1. The molecule has 1 saturated heterocycles. The Balaban J connectivity index is 1.62. The van der Waals surface area contributed by atoms with Crippen molar-refractivity contribution in [2.75, 3.05) is 38.2 Å². The van der Waals surface area contributed by atoms with Crippen LogP contribution in [0.2, 0.25) is 0 Å². The van der Waals surface area contributed by atoms with Gasteiger partial charge in [0.1, 0.15) is 17.4 Å². The lowest BCUT2D eigenvalue weighted by atomic mass is 10.1. The van der Waals surface area contributed by atoms with Crippen molar-refractivity contribution < 1.29 is 29.0 Å². The van der Waals surface area contributed by atoms with Crippen molar-refractivity contribution in [1.82, 2.24) is 9.80 Å². The van der Waals surface area contributed by atoms with E-state index in [1.54, 1.807) is 17.0 Å². The summed E-state index contributed by atoms with van der Waals surface area (Å²) in [5.74, 6) is -0.923. The molecule has 0 radical (unpaired) electrons. The molecule has 2 heterocycles. The zero-order valence-electron chi connectivity index (χ0n) is 17.4. The highest BCUT2D eigenvalue weighted by atomic mass is 16.6. The maximum Gasteiger partial charge on any atom is 0.410 e. The van der Waals surface area contributed by atoms with E-state index in [2.05, 4.69) is 5.32 Å². The number of carbonyl (C=O) groups is 3. The molecule has 1 atom stereocenters. The lowest BCUT2D eigenvalue weighted by Gasteiger charge is -2.34. The molecule has 0 aromatic heterocycles. The Morgan fingerprint density at radius 3 is 2.60 bits per heavy atom. The largest absolute Gasteiger partial charge is 0.444 e. The molecule has 30 heavy (non-hydrogen) atoms. The van der Waals surface area contributed by atoms with Crippen LogP contribution in [-0.2, 0) is 19.1 Å². The smallest absolute Gasteiger partial charge is 0.410 e. The highest BCUT2D eigenvalue weighted by Gasteiger charge is 2.31. The van der Waals surface area contributed by atoms with Crippen molar-refractivity contribution in [3.05, 3.63) is 41.6 Å². The minimum atomic E-state index is -0.557. The van der Waals surface area contributed by atoms with E-state index < -0.39 is 17.4 Å². The molecular weight excluding hydrogens is 390 g/mol. The Hall–Kier alpha value is -2.91. The zero-order valence-corrected chi connectivity index (χ0v) is 17.4. The van der Waals surface area contributed by atoms with Crippen molar-refractivity contribution in [3.8, 4) is 0 Å². The standard InChI is InChI=1S/C21H27N3O6/c1-21(2,3)30-20(28)23-9-11-29-17(13-23)14-4-6-15(7-5-14)22-16-12-18(26)24(8-10-25)19(16)27/h4-7,12,17,22,25H,8-11,13H2,1-3H3. The molecule has 9 nitrogen and oxygen atoms in total. The van der Waals surface area contributed by atoms with Gasteiger partial charge in [-0.1, -0.05) is 12.1 Å². The molecule has 0 aliphatic carbocycles. The van der Waals surface area contributed by atoms with E-state index in [0.717, 1.165) is 10.5 Å². The van der Waals surface area contributed by atoms with Crippen LogP contribution in [0.3, 0.4) is 0 Å². The Morgan fingerprint density at radius 2 is 1.97 bits per heavy atom. The minimum Gasteiger partial charge on any atom is -0.444 e. The van der Waals surface area contributed by atoms with Gasteiger partial charge in [0.05, 0.1) is 26.3 Å². The first kappa shape index (κ1) is 21.8. The molecule has 0 bridgehead atoms.